The van der Waals surface area contributed by atoms with Gasteiger partial charge in [0.25, 0.3) is 0 Å². The van der Waals surface area contributed by atoms with E-state index in [1.165, 1.54) is 0 Å². The Bertz CT molecular complexity index is 604. The summed E-state index contributed by atoms with van der Waals surface area (Å²) in [5, 5.41) is 10.2. The molecule has 1 fully saturated rings. The molecule has 2 aliphatic rings. The molecule has 0 amide bonds. The van der Waals surface area contributed by atoms with Crippen LogP contribution in [0.15, 0.2) is 30.0 Å². The van der Waals surface area contributed by atoms with Crippen molar-refractivity contribution in [1.82, 2.24) is 4.90 Å². The van der Waals surface area contributed by atoms with Gasteiger partial charge in [0.1, 0.15) is 0 Å². The summed E-state index contributed by atoms with van der Waals surface area (Å²) in [5.41, 5.74) is 0.844. The van der Waals surface area contributed by atoms with E-state index in [0.717, 1.165) is 18.5 Å². The van der Waals surface area contributed by atoms with E-state index in [-0.39, 0.29) is 17.3 Å². The Kier molecular flexibility index (Phi) is 3.85. The number of nitrogens with zero attached hydrogens (tertiary/aromatic N) is 1. The Morgan fingerprint density at radius 1 is 1.27 bits per heavy atom. The van der Waals surface area contributed by atoms with Gasteiger partial charge in [-0.3, -0.25) is 0 Å². The Morgan fingerprint density at radius 3 is 2.68 bits per heavy atom. The summed E-state index contributed by atoms with van der Waals surface area (Å²) in [7, 11) is 11.7. The molecule has 0 spiro atoms. The first-order chi connectivity index (χ1) is 10.5. The first-order valence-electron chi connectivity index (χ1n) is 7.61. The quantitative estimate of drug-likeness (QED) is 0.871. The third-order valence-corrected chi connectivity index (χ3v) is 5.08. The van der Waals surface area contributed by atoms with Gasteiger partial charge in [-0.25, -0.2) is 0 Å². The molecular weight excluding hydrogens is 277 g/mol. The lowest BCUT2D eigenvalue weighted by Gasteiger charge is -2.43. The normalized spacial score (nSPS) is 31.5. The second kappa shape index (κ2) is 5.54. The molecule has 1 aromatic carbocycles. The highest BCUT2D eigenvalue weighted by Crippen LogP contribution is 2.51. The largest absolute Gasteiger partial charge is 0.513 e. The van der Waals surface area contributed by atoms with Crippen molar-refractivity contribution in [2.45, 2.75) is 30.1 Å². The van der Waals surface area contributed by atoms with Gasteiger partial charge >= 0.3 is 0 Å². The van der Waals surface area contributed by atoms with Crippen molar-refractivity contribution in [3.63, 3.8) is 0 Å². The van der Waals surface area contributed by atoms with Crippen LogP contribution >= 0.6 is 0 Å². The maximum absolute atomic E-state index is 10.2. The number of aliphatic hydroxyl groups is 1. The fraction of sp³-hybridized carbons (Fsp3) is 0.529. The lowest BCUT2D eigenvalue weighted by Crippen LogP contribution is -2.45. The van der Waals surface area contributed by atoms with Gasteiger partial charge in [0.2, 0.25) is 0 Å². The van der Waals surface area contributed by atoms with E-state index < -0.39 is 0 Å². The number of ether oxygens (including phenoxy) is 2. The summed E-state index contributed by atoms with van der Waals surface area (Å²) in [6.07, 6.45) is 3.46. The number of likely N-dealkylation sites (tertiary alicyclic amines) is 1. The number of methoxy groups -OCH3 is 2. The zero-order valence-electron chi connectivity index (χ0n) is 13.4. The zero-order chi connectivity index (χ0) is 15.9. The molecule has 3 rings (SSSR count). The number of hydrogen-bond acceptors (Lipinski definition) is 4. The van der Waals surface area contributed by atoms with Gasteiger partial charge in [-0.2, -0.15) is 0 Å². The van der Waals surface area contributed by atoms with Crippen LogP contribution in [-0.2, 0) is 5.41 Å². The molecule has 22 heavy (non-hydrogen) atoms. The second-order valence-corrected chi connectivity index (χ2v) is 6.29. The number of hydrogen-bond donors (Lipinski definition) is 1. The Hall–Kier alpha value is -1.62. The number of rotatable bonds is 3. The van der Waals surface area contributed by atoms with Crippen LogP contribution in [0.4, 0.5) is 0 Å². The van der Waals surface area contributed by atoms with Crippen molar-refractivity contribution in [3.8, 4) is 11.5 Å². The van der Waals surface area contributed by atoms with E-state index >= 15 is 0 Å². The molecule has 2 unspecified atom stereocenters. The molecule has 1 aromatic rings. The molecule has 116 valence electrons. The van der Waals surface area contributed by atoms with Gasteiger partial charge in [-0.15, -0.1) is 0 Å². The van der Waals surface area contributed by atoms with Crippen molar-refractivity contribution in [3.05, 3.63) is 35.6 Å². The molecule has 1 saturated heterocycles. The topological polar surface area (TPSA) is 41.9 Å². The van der Waals surface area contributed by atoms with Gasteiger partial charge < -0.3 is 19.5 Å². The molecule has 3 atom stereocenters. The number of fused-ring (bicyclic) bond motifs is 1. The molecule has 5 heteroatoms. The minimum Gasteiger partial charge on any atom is -0.513 e. The molecule has 0 bridgehead atoms. The molecule has 4 nitrogen and oxygen atoms in total. The standard InChI is InChI=1S/C17H22BNO3/c1-19-7-6-17(10-12(20)9-13(18)16(17)19)11-4-5-14(21-2)15(8-11)22-3/h4-5,8,10,13,16,20H,6-7,9H2,1-3H3/t13?,16?,17-/m1/s1. The highest BCUT2D eigenvalue weighted by atomic mass is 16.5. The zero-order valence-corrected chi connectivity index (χ0v) is 13.4. The summed E-state index contributed by atoms with van der Waals surface area (Å²) < 4.78 is 10.8. The van der Waals surface area contributed by atoms with E-state index in [4.69, 9.17) is 17.3 Å². The van der Waals surface area contributed by atoms with E-state index in [1.807, 2.05) is 18.2 Å². The lowest BCUT2D eigenvalue weighted by molar-refractivity contribution is 0.223. The minimum absolute atomic E-state index is 0.0782. The summed E-state index contributed by atoms with van der Waals surface area (Å²) in [5.74, 6) is 1.72. The predicted molar refractivity (Wildman–Crippen MR) is 87.1 cm³/mol. The van der Waals surface area contributed by atoms with Crippen LogP contribution in [0.5, 0.6) is 11.5 Å². The maximum Gasteiger partial charge on any atom is 0.161 e. The van der Waals surface area contributed by atoms with E-state index in [2.05, 4.69) is 18.0 Å². The predicted octanol–water partition coefficient (Wildman–Crippen LogP) is 2.45. The van der Waals surface area contributed by atoms with Crippen LogP contribution in [0.25, 0.3) is 0 Å². The van der Waals surface area contributed by atoms with Gasteiger partial charge in [-0.05, 0) is 43.8 Å². The summed E-state index contributed by atoms with van der Waals surface area (Å²) in [6.45, 7) is 0.955. The molecule has 1 aliphatic carbocycles. The maximum atomic E-state index is 10.2. The third-order valence-electron chi connectivity index (χ3n) is 5.08. The molecule has 0 saturated carbocycles. The van der Waals surface area contributed by atoms with Crippen LogP contribution in [0.1, 0.15) is 18.4 Å². The average molecular weight is 299 g/mol. The molecule has 1 aliphatic heterocycles. The highest BCUT2D eigenvalue weighted by Gasteiger charge is 2.50. The molecular formula is C17H22BNO3. The fourth-order valence-corrected chi connectivity index (χ4v) is 4.14. The number of allylic oxidation sites excluding steroid dienone is 1. The van der Waals surface area contributed by atoms with Crippen LogP contribution in [0, 0.1) is 0 Å². The second-order valence-electron chi connectivity index (χ2n) is 6.29. The van der Waals surface area contributed by atoms with Crippen molar-refractivity contribution in [1.29, 1.82) is 0 Å². The smallest absolute Gasteiger partial charge is 0.161 e. The minimum atomic E-state index is -0.268. The Balaban J connectivity index is 2.13. The van der Waals surface area contributed by atoms with E-state index in [9.17, 15) is 5.11 Å². The summed E-state index contributed by atoms with van der Waals surface area (Å²) in [4.78, 5) is 2.30. The molecule has 0 aromatic heterocycles. The first kappa shape index (κ1) is 15.3. The fourth-order valence-electron chi connectivity index (χ4n) is 4.14. The van der Waals surface area contributed by atoms with Crippen molar-refractivity contribution in [2.75, 3.05) is 27.8 Å². The van der Waals surface area contributed by atoms with E-state index in [1.54, 1.807) is 14.2 Å². The van der Waals surface area contributed by atoms with Crippen LogP contribution < -0.4 is 9.47 Å². The van der Waals surface area contributed by atoms with Gasteiger partial charge in [0, 0.05) is 17.9 Å². The van der Waals surface area contributed by atoms with Gasteiger partial charge in [0.15, 0.2) is 11.5 Å². The number of benzene rings is 1. The Labute approximate surface area is 133 Å². The number of aliphatic hydroxyl groups excluding tert-OH is 1. The molecule has 1 N–H and O–H groups in total. The first-order valence-corrected chi connectivity index (χ1v) is 7.61. The SMILES string of the molecule is [B]C1CC(O)=C[C@@]2(c3ccc(OC)c(OC)c3)CCN(C)C12. The molecule has 1 heterocycles. The van der Waals surface area contributed by atoms with Crippen LogP contribution in [0.2, 0.25) is 5.82 Å². The number of likely N-dealkylation sites (N-methyl/N-ethyl adjacent to an activating group) is 1. The van der Waals surface area contributed by atoms with Crippen LogP contribution in [0.3, 0.4) is 0 Å². The van der Waals surface area contributed by atoms with Crippen molar-refractivity contribution < 1.29 is 14.6 Å². The Morgan fingerprint density at radius 2 is 2.00 bits per heavy atom. The van der Waals surface area contributed by atoms with E-state index in [0.29, 0.717) is 23.7 Å². The lowest BCUT2D eigenvalue weighted by atomic mass is 9.60. The molecule has 2 radical (unpaired) electrons. The van der Waals surface area contributed by atoms with Gasteiger partial charge in [-0.1, -0.05) is 11.9 Å². The summed E-state index contributed by atoms with van der Waals surface area (Å²) >= 11 is 0. The summed E-state index contributed by atoms with van der Waals surface area (Å²) in [6, 6.07) is 6.16. The average Bonchev–Trinajstić information content (AvgIpc) is 2.84. The van der Waals surface area contributed by atoms with Crippen molar-refractivity contribution in [2.24, 2.45) is 0 Å². The highest BCUT2D eigenvalue weighted by molar-refractivity contribution is 6.12. The van der Waals surface area contributed by atoms with Gasteiger partial charge in [0.05, 0.1) is 27.8 Å². The van der Waals surface area contributed by atoms with Crippen LogP contribution in [-0.4, -0.2) is 51.7 Å². The third kappa shape index (κ3) is 2.19. The van der Waals surface area contributed by atoms with Crippen molar-refractivity contribution >= 4 is 7.85 Å². The monoisotopic (exact) mass is 299 g/mol.